The molecule has 0 saturated carbocycles. The van der Waals surface area contributed by atoms with E-state index >= 15 is 0 Å². The number of Topliss-reactive ketones (excluding diaryl/α,β-unsaturated/α-hetero) is 1. The van der Waals surface area contributed by atoms with Gasteiger partial charge in [0, 0.05) is 47.4 Å². The zero-order valence-electron chi connectivity index (χ0n) is 16.5. The number of pyridine rings is 1. The van der Waals surface area contributed by atoms with Gasteiger partial charge in [-0.15, -0.1) is 0 Å². The molecule has 0 spiro atoms. The van der Waals surface area contributed by atoms with Gasteiger partial charge in [-0.1, -0.05) is 36.4 Å². The highest BCUT2D eigenvalue weighted by Gasteiger charge is 2.10. The Kier molecular flexibility index (Phi) is 5.70. The topological polar surface area (TPSA) is 55.7 Å². The van der Waals surface area contributed by atoms with Gasteiger partial charge in [-0.2, -0.15) is 0 Å². The highest BCUT2D eigenvalue weighted by atomic mass is 19.1. The molecular formula is C25H20FN3O. The molecule has 0 bridgehead atoms. The predicted molar refractivity (Wildman–Crippen MR) is 114 cm³/mol. The van der Waals surface area contributed by atoms with Crippen LogP contribution in [0.5, 0.6) is 0 Å². The number of hydrogen-bond acceptors (Lipinski definition) is 4. The quantitative estimate of drug-likeness (QED) is 0.405. The number of carbonyl (C=O) groups is 1. The summed E-state index contributed by atoms with van der Waals surface area (Å²) in [5.74, 6) is -0.264. The number of benzene rings is 2. The normalized spacial score (nSPS) is 10.7. The summed E-state index contributed by atoms with van der Waals surface area (Å²) in [5, 5.41) is 0. The van der Waals surface area contributed by atoms with Crippen molar-refractivity contribution in [3.63, 3.8) is 0 Å². The lowest BCUT2D eigenvalue weighted by Crippen LogP contribution is -2.01. The molecule has 5 heteroatoms. The van der Waals surface area contributed by atoms with Gasteiger partial charge in [0.1, 0.15) is 12.1 Å². The first kappa shape index (κ1) is 19.6. The average molecular weight is 397 g/mol. The van der Waals surface area contributed by atoms with Crippen LogP contribution in [0.4, 0.5) is 4.39 Å². The lowest BCUT2D eigenvalue weighted by atomic mass is 9.98. The Bertz CT molecular complexity index is 1170. The molecule has 0 unspecified atom stereocenters. The Morgan fingerprint density at radius 3 is 2.37 bits per heavy atom. The van der Waals surface area contributed by atoms with E-state index in [0.29, 0.717) is 24.0 Å². The van der Waals surface area contributed by atoms with Crippen LogP contribution in [0.1, 0.15) is 28.0 Å². The summed E-state index contributed by atoms with van der Waals surface area (Å²) in [6.45, 7) is 1.88. The van der Waals surface area contributed by atoms with E-state index in [-0.39, 0.29) is 11.6 Å². The van der Waals surface area contributed by atoms with Gasteiger partial charge in [0.2, 0.25) is 0 Å². The van der Waals surface area contributed by atoms with Gasteiger partial charge < -0.3 is 0 Å². The third-order valence-corrected chi connectivity index (χ3v) is 4.98. The second-order valence-corrected chi connectivity index (χ2v) is 7.13. The van der Waals surface area contributed by atoms with Crippen LogP contribution in [-0.4, -0.2) is 20.7 Å². The van der Waals surface area contributed by atoms with Crippen molar-refractivity contribution in [1.82, 2.24) is 15.0 Å². The van der Waals surface area contributed by atoms with Crippen LogP contribution in [0.3, 0.4) is 0 Å². The molecule has 0 N–H and O–H groups in total. The summed E-state index contributed by atoms with van der Waals surface area (Å²) in [7, 11) is 0. The van der Waals surface area contributed by atoms with E-state index in [4.69, 9.17) is 0 Å². The summed E-state index contributed by atoms with van der Waals surface area (Å²) in [5.41, 5.74) is 5.47. The number of nitrogens with zero attached hydrogens (tertiary/aromatic N) is 3. The Hall–Kier alpha value is -3.73. The monoisotopic (exact) mass is 397 g/mol. The second-order valence-electron chi connectivity index (χ2n) is 7.13. The van der Waals surface area contributed by atoms with Crippen LogP contribution in [0, 0.1) is 12.7 Å². The predicted octanol–water partition coefficient (Wildman–Crippen LogP) is 5.47. The minimum Gasteiger partial charge on any atom is -0.294 e. The molecule has 0 saturated heterocycles. The lowest BCUT2D eigenvalue weighted by molar-refractivity contribution is 0.0983. The van der Waals surface area contributed by atoms with Crippen molar-refractivity contribution in [3.05, 3.63) is 102 Å². The fraction of sp³-hybridized carbons (Fsp3) is 0.120. The maximum Gasteiger partial charge on any atom is 0.163 e. The maximum atomic E-state index is 14.6. The van der Waals surface area contributed by atoms with Crippen LogP contribution in [0.25, 0.3) is 22.3 Å². The zero-order chi connectivity index (χ0) is 20.9. The summed E-state index contributed by atoms with van der Waals surface area (Å²) in [4.78, 5) is 24.7. The SMILES string of the molecule is Cc1cc(-c2ccc(CCC(=O)c3ccc(-c4cncnc4)cc3)cc2F)ccn1. The molecule has 4 aromatic rings. The van der Waals surface area contributed by atoms with E-state index in [0.717, 1.165) is 27.9 Å². The first-order valence-electron chi connectivity index (χ1n) is 9.70. The molecular weight excluding hydrogens is 377 g/mol. The highest BCUT2D eigenvalue weighted by Crippen LogP contribution is 2.25. The summed E-state index contributed by atoms with van der Waals surface area (Å²) < 4.78 is 14.6. The van der Waals surface area contributed by atoms with Gasteiger partial charge in [-0.25, -0.2) is 14.4 Å². The van der Waals surface area contributed by atoms with Crippen molar-refractivity contribution in [3.8, 4) is 22.3 Å². The van der Waals surface area contributed by atoms with Gasteiger partial charge in [-0.05, 0) is 48.2 Å². The van der Waals surface area contributed by atoms with Crippen molar-refractivity contribution in [1.29, 1.82) is 0 Å². The number of ketones is 1. The smallest absolute Gasteiger partial charge is 0.163 e. The van der Waals surface area contributed by atoms with Crippen molar-refractivity contribution >= 4 is 5.78 Å². The molecule has 0 aliphatic carbocycles. The van der Waals surface area contributed by atoms with Crippen LogP contribution in [-0.2, 0) is 6.42 Å². The molecule has 0 atom stereocenters. The van der Waals surface area contributed by atoms with Crippen LogP contribution in [0.2, 0.25) is 0 Å². The van der Waals surface area contributed by atoms with Crippen LogP contribution < -0.4 is 0 Å². The average Bonchev–Trinajstić information content (AvgIpc) is 2.78. The molecule has 2 heterocycles. The van der Waals surface area contributed by atoms with Crippen molar-refractivity contribution in [2.75, 3.05) is 0 Å². The number of hydrogen-bond donors (Lipinski definition) is 0. The number of aromatic nitrogens is 3. The molecule has 0 amide bonds. The third kappa shape index (κ3) is 4.46. The Morgan fingerprint density at radius 2 is 1.67 bits per heavy atom. The van der Waals surface area contributed by atoms with E-state index in [2.05, 4.69) is 15.0 Å². The first-order chi connectivity index (χ1) is 14.6. The van der Waals surface area contributed by atoms with Gasteiger partial charge in [0.05, 0.1) is 0 Å². The molecule has 30 heavy (non-hydrogen) atoms. The summed E-state index contributed by atoms with van der Waals surface area (Å²) >= 11 is 0. The largest absolute Gasteiger partial charge is 0.294 e. The number of rotatable bonds is 6. The first-order valence-corrected chi connectivity index (χ1v) is 9.70. The standard InChI is InChI=1S/C25H20FN3O/c1-17-12-21(10-11-29-17)23-8-2-18(13-24(23)26)3-9-25(30)20-6-4-19(5-7-20)22-14-27-16-28-15-22/h2,4-8,10-16H,3,9H2,1H3. The molecule has 0 aliphatic rings. The van der Waals surface area contributed by atoms with Gasteiger partial charge in [0.15, 0.2) is 5.78 Å². The fourth-order valence-electron chi connectivity index (χ4n) is 3.36. The van der Waals surface area contributed by atoms with Crippen molar-refractivity contribution in [2.24, 2.45) is 0 Å². The van der Waals surface area contributed by atoms with E-state index in [9.17, 15) is 9.18 Å². The van der Waals surface area contributed by atoms with E-state index in [1.54, 1.807) is 42.9 Å². The summed E-state index contributed by atoms with van der Waals surface area (Å²) in [6, 6.07) is 16.2. The molecule has 0 aliphatic heterocycles. The molecule has 4 nitrogen and oxygen atoms in total. The van der Waals surface area contributed by atoms with Gasteiger partial charge in [0.25, 0.3) is 0 Å². The Morgan fingerprint density at radius 1 is 0.900 bits per heavy atom. The Labute approximate surface area is 174 Å². The number of carbonyl (C=O) groups excluding carboxylic acids is 1. The van der Waals surface area contributed by atoms with Crippen molar-refractivity contribution in [2.45, 2.75) is 19.8 Å². The minimum atomic E-state index is -0.292. The maximum absolute atomic E-state index is 14.6. The highest BCUT2D eigenvalue weighted by molar-refractivity contribution is 5.96. The molecule has 2 aromatic heterocycles. The van der Waals surface area contributed by atoms with Crippen LogP contribution >= 0.6 is 0 Å². The molecule has 0 fully saturated rings. The second kappa shape index (κ2) is 8.74. The van der Waals surface area contributed by atoms with Gasteiger partial charge in [-0.3, -0.25) is 9.78 Å². The van der Waals surface area contributed by atoms with Crippen molar-refractivity contribution < 1.29 is 9.18 Å². The molecule has 0 radical (unpaired) electrons. The van der Waals surface area contributed by atoms with Crippen LogP contribution in [0.15, 0.2) is 79.5 Å². The van der Waals surface area contributed by atoms with E-state index in [1.165, 1.54) is 12.4 Å². The van der Waals surface area contributed by atoms with E-state index in [1.807, 2.05) is 31.2 Å². The molecule has 4 rings (SSSR count). The number of halogens is 1. The fourth-order valence-corrected chi connectivity index (χ4v) is 3.36. The number of aryl methyl sites for hydroxylation is 2. The Balaban J connectivity index is 1.42. The lowest BCUT2D eigenvalue weighted by Gasteiger charge is -2.08. The third-order valence-electron chi connectivity index (χ3n) is 4.98. The van der Waals surface area contributed by atoms with Gasteiger partial charge >= 0.3 is 0 Å². The van der Waals surface area contributed by atoms with E-state index < -0.39 is 0 Å². The molecule has 148 valence electrons. The summed E-state index contributed by atoms with van der Waals surface area (Å²) in [6.07, 6.45) is 7.42. The zero-order valence-corrected chi connectivity index (χ0v) is 16.5. The minimum absolute atomic E-state index is 0.0279. The molecule has 2 aromatic carbocycles.